The maximum Gasteiger partial charge on any atom is 0.431 e. The molecule has 0 amide bonds. The van der Waals surface area contributed by atoms with Gasteiger partial charge in [-0.15, -0.1) is 0 Å². The summed E-state index contributed by atoms with van der Waals surface area (Å²) in [5, 5.41) is 6.47. The average molecular weight is 801 g/mol. The number of hydrogen-bond donors (Lipinski definition) is 0. The first-order valence-electron chi connectivity index (χ1n) is 12.8. The molecule has 0 bridgehead atoms. The number of imidazole rings is 2. The first kappa shape index (κ1) is 34.9. The number of alkyl halides is 6. The maximum absolute atomic E-state index is 12.5. The molecular weight excluding hydrogens is 777 g/mol. The molecule has 2 aromatic carbocycles. The van der Waals surface area contributed by atoms with Gasteiger partial charge in [0, 0.05) is 56.8 Å². The van der Waals surface area contributed by atoms with Crippen LogP contribution >= 0.6 is 0 Å². The van der Waals surface area contributed by atoms with E-state index >= 15 is 0 Å². The van der Waals surface area contributed by atoms with Crippen molar-refractivity contribution in [3.63, 3.8) is 0 Å². The number of hydrogen-bond acceptors (Lipinski definition) is 2. The molecular formula is C31H24F6IrN7-3. The van der Waals surface area contributed by atoms with Gasteiger partial charge in [-0.1, -0.05) is 35.6 Å². The van der Waals surface area contributed by atoms with Crippen molar-refractivity contribution in [1.29, 1.82) is 0 Å². The molecule has 0 saturated heterocycles. The van der Waals surface area contributed by atoms with Crippen LogP contribution in [-0.4, -0.2) is 19.2 Å². The van der Waals surface area contributed by atoms with E-state index in [4.69, 9.17) is 0 Å². The van der Waals surface area contributed by atoms with E-state index in [0.29, 0.717) is 11.4 Å². The number of halogens is 6. The quantitative estimate of drug-likeness (QED) is 0.140. The Morgan fingerprint density at radius 3 is 1.84 bits per heavy atom. The van der Waals surface area contributed by atoms with Crippen LogP contribution in [0.15, 0.2) is 91.6 Å². The molecule has 6 rings (SSSR count). The molecule has 4 heterocycles. The third-order valence-corrected chi connectivity index (χ3v) is 5.74. The summed E-state index contributed by atoms with van der Waals surface area (Å²) in [6.07, 6.45) is 5.84. The molecule has 0 fully saturated rings. The second-order valence-corrected chi connectivity index (χ2v) is 9.30. The van der Waals surface area contributed by atoms with Crippen molar-refractivity contribution in [2.75, 3.05) is 0 Å². The summed E-state index contributed by atoms with van der Waals surface area (Å²) in [4.78, 5) is 3.87. The molecule has 237 valence electrons. The minimum absolute atomic E-state index is 0. The predicted octanol–water partition coefficient (Wildman–Crippen LogP) is 5.25. The minimum atomic E-state index is -4.46. The largest absolute Gasteiger partial charge is 0.573 e. The van der Waals surface area contributed by atoms with Gasteiger partial charge in [0.2, 0.25) is 12.7 Å². The van der Waals surface area contributed by atoms with Gasteiger partial charge in [0.05, 0.1) is 14.1 Å². The van der Waals surface area contributed by atoms with E-state index in [9.17, 15) is 26.3 Å². The van der Waals surface area contributed by atoms with Gasteiger partial charge in [-0.05, 0) is 18.2 Å². The first-order valence-corrected chi connectivity index (χ1v) is 12.8. The van der Waals surface area contributed by atoms with Crippen molar-refractivity contribution < 1.29 is 55.6 Å². The summed E-state index contributed by atoms with van der Waals surface area (Å²) in [6.45, 7) is 2.07. The molecule has 6 aromatic rings. The fourth-order valence-corrected chi connectivity index (χ4v) is 3.62. The molecule has 0 aliphatic carbocycles. The first-order chi connectivity index (χ1) is 20.8. The summed E-state index contributed by atoms with van der Waals surface area (Å²) in [5.74, 6) is 0. The summed E-state index contributed by atoms with van der Waals surface area (Å²) in [5.41, 5.74) is 1.40. The zero-order valence-electron chi connectivity index (χ0n) is 23.9. The Hall–Kier alpha value is -4.55. The van der Waals surface area contributed by atoms with E-state index in [0.717, 1.165) is 23.9 Å². The number of aryl methyl sites for hydroxylation is 3. The predicted molar refractivity (Wildman–Crippen MR) is 145 cm³/mol. The van der Waals surface area contributed by atoms with Crippen LogP contribution in [0.5, 0.6) is 0 Å². The van der Waals surface area contributed by atoms with Crippen molar-refractivity contribution in [1.82, 2.24) is 24.3 Å². The molecule has 0 atom stereocenters. The van der Waals surface area contributed by atoms with Gasteiger partial charge in [-0.2, -0.15) is 80.4 Å². The monoisotopic (exact) mass is 801 g/mol. The summed E-state index contributed by atoms with van der Waals surface area (Å²) >= 11 is 0. The maximum atomic E-state index is 12.5. The number of benzene rings is 2. The smallest absolute Gasteiger partial charge is 0.431 e. The summed E-state index contributed by atoms with van der Waals surface area (Å²) in [6, 6.07) is 21.0. The van der Waals surface area contributed by atoms with Crippen LogP contribution in [0.3, 0.4) is 0 Å². The van der Waals surface area contributed by atoms with Gasteiger partial charge in [0.15, 0.2) is 0 Å². The van der Waals surface area contributed by atoms with E-state index in [1.165, 1.54) is 22.4 Å². The van der Waals surface area contributed by atoms with Gasteiger partial charge in [0.1, 0.15) is 5.69 Å². The van der Waals surface area contributed by atoms with Crippen molar-refractivity contribution in [3.05, 3.63) is 133 Å². The van der Waals surface area contributed by atoms with Crippen LogP contribution < -0.4 is 14.2 Å². The Bertz CT molecular complexity index is 1790. The van der Waals surface area contributed by atoms with E-state index in [-0.39, 0.29) is 25.8 Å². The van der Waals surface area contributed by atoms with Crippen LogP contribution in [0.4, 0.5) is 26.3 Å². The number of pyridine rings is 1. The van der Waals surface area contributed by atoms with Crippen molar-refractivity contribution in [2.45, 2.75) is 19.3 Å². The SMILES string of the molecule is C[n+]1[c-]n(-c2[c-]ccc(C(F)(F)F)c2)cc1.Cc1cc[c-]c(-n2[c-][n+](C)cc2)c1.FC(F)(F)c1cc(-c2ccccn2)[n-]n1.[Ir]. The standard InChI is InChI=1S/C11H8F3N2.C11H11N2.C9H5F3N3.Ir/c1-15-5-6-16(8-15)10-4-2-3-9(7-10)11(12,13)14;1-10-4-3-5-11(8-10)13-7-6-12(2)9-13;10-9(11,12)8-5-7(14-15-8)6-3-1-2-4-13-6;/h2-3,5-7H,1H3;3-4,6-8H,1-2H3;1-5H;/q3*-1;. The van der Waals surface area contributed by atoms with E-state index in [1.807, 2.05) is 40.7 Å². The summed E-state index contributed by atoms with van der Waals surface area (Å²) in [7, 11) is 3.69. The fourth-order valence-electron chi connectivity index (χ4n) is 3.62. The van der Waals surface area contributed by atoms with E-state index in [1.54, 1.807) is 42.2 Å². The second-order valence-electron chi connectivity index (χ2n) is 9.30. The van der Waals surface area contributed by atoms with Crippen molar-refractivity contribution in [2.24, 2.45) is 14.1 Å². The minimum Gasteiger partial charge on any atom is -0.573 e. The topological polar surface area (TPSA) is 57.5 Å². The van der Waals surface area contributed by atoms with E-state index in [2.05, 4.69) is 53.0 Å². The Labute approximate surface area is 268 Å². The number of aromatic nitrogens is 7. The molecule has 14 heteroatoms. The Kier molecular flexibility index (Phi) is 11.6. The zero-order valence-corrected chi connectivity index (χ0v) is 26.3. The molecule has 0 unspecified atom stereocenters. The molecule has 4 aromatic heterocycles. The van der Waals surface area contributed by atoms with Gasteiger partial charge in [-0.25, -0.2) is 0 Å². The van der Waals surface area contributed by atoms with Crippen LogP contribution in [0.2, 0.25) is 0 Å². The second kappa shape index (κ2) is 15.0. The average Bonchev–Trinajstić information content (AvgIpc) is 3.75. The molecule has 1 radical (unpaired) electrons. The van der Waals surface area contributed by atoms with Crippen LogP contribution in [0, 0.1) is 31.7 Å². The Balaban J connectivity index is 0.000000183. The fraction of sp³-hybridized carbons (Fsp3) is 0.161. The van der Waals surface area contributed by atoms with Gasteiger partial charge >= 0.3 is 12.4 Å². The van der Waals surface area contributed by atoms with Crippen LogP contribution in [0.25, 0.3) is 22.8 Å². The van der Waals surface area contributed by atoms with Crippen LogP contribution in [0.1, 0.15) is 16.8 Å². The van der Waals surface area contributed by atoms with Gasteiger partial charge in [-0.3, -0.25) is 4.98 Å². The zero-order chi connectivity index (χ0) is 31.9. The Morgan fingerprint density at radius 2 is 1.38 bits per heavy atom. The number of nitrogens with zero attached hydrogens (tertiary/aromatic N) is 7. The summed E-state index contributed by atoms with van der Waals surface area (Å²) < 4.78 is 80.8. The molecule has 0 N–H and O–H groups in total. The third-order valence-electron chi connectivity index (χ3n) is 5.74. The van der Waals surface area contributed by atoms with E-state index < -0.39 is 23.6 Å². The van der Waals surface area contributed by atoms with Crippen LogP contribution in [-0.2, 0) is 46.6 Å². The van der Waals surface area contributed by atoms with Gasteiger partial charge < -0.3 is 28.5 Å². The Morgan fingerprint density at radius 1 is 0.778 bits per heavy atom. The molecule has 7 nitrogen and oxygen atoms in total. The van der Waals surface area contributed by atoms with Crippen molar-refractivity contribution in [3.8, 4) is 22.8 Å². The molecule has 0 spiro atoms. The normalized spacial score (nSPS) is 11.0. The van der Waals surface area contributed by atoms with Crippen molar-refractivity contribution >= 4 is 0 Å². The molecule has 0 aliphatic rings. The van der Waals surface area contributed by atoms with Gasteiger partial charge in [0.25, 0.3) is 0 Å². The molecule has 0 aliphatic heterocycles. The number of rotatable bonds is 3. The third kappa shape index (κ3) is 9.98. The molecule has 0 saturated carbocycles. The molecule has 45 heavy (non-hydrogen) atoms.